The van der Waals surface area contributed by atoms with Crippen LogP contribution in [0.4, 0.5) is 4.79 Å². The number of likely N-dealkylation sites (N-methyl/N-ethyl adjacent to an activating group) is 1. The van der Waals surface area contributed by atoms with Gasteiger partial charge >= 0.3 is 12.1 Å². The molecular weight excluding hydrogens is 414 g/mol. The van der Waals surface area contributed by atoms with Gasteiger partial charge in [0.1, 0.15) is 5.60 Å². The SMILES string of the molecule is COC(=O)CC(Cn1ccccc1=O)C(=O)N(C)[C@H]1CCCC[C@@H]1NC(=O)OC(C)(C)C. The van der Waals surface area contributed by atoms with Crippen molar-refractivity contribution in [3.8, 4) is 0 Å². The number of pyridine rings is 1. The van der Waals surface area contributed by atoms with Crippen molar-refractivity contribution in [1.29, 1.82) is 0 Å². The average molecular weight is 450 g/mol. The quantitative estimate of drug-likeness (QED) is 0.640. The van der Waals surface area contributed by atoms with Gasteiger partial charge in [-0.2, -0.15) is 0 Å². The Morgan fingerprint density at radius 1 is 1.22 bits per heavy atom. The molecule has 1 aromatic rings. The van der Waals surface area contributed by atoms with E-state index in [4.69, 9.17) is 9.47 Å². The van der Waals surface area contributed by atoms with E-state index in [0.29, 0.717) is 0 Å². The van der Waals surface area contributed by atoms with E-state index in [-0.39, 0.29) is 36.5 Å². The number of amides is 2. The topological polar surface area (TPSA) is 107 Å². The lowest BCUT2D eigenvalue weighted by atomic mass is 9.88. The Labute approximate surface area is 189 Å². The highest BCUT2D eigenvalue weighted by molar-refractivity contribution is 5.84. The number of hydrogen-bond donors (Lipinski definition) is 1. The van der Waals surface area contributed by atoms with Gasteiger partial charge in [-0.25, -0.2) is 4.79 Å². The van der Waals surface area contributed by atoms with E-state index >= 15 is 0 Å². The van der Waals surface area contributed by atoms with Gasteiger partial charge in [0.25, 0.3) is 5.56 Å². The first kappa shape index (κ1) is 25.4. The smallest absolute Gasteiger partial charge is 0.407 e. The zero-order valence-corrected chi connectivity index (χ0v) is 19.6. The summed E-state index contributed by atoms with van der Waals surface area (Å²) in [5, 5.41) is 2.91. The number of rotatable bonds is 7. The third-order valence-corrected chi connectivity index (χ3v) is 5.58. The molecule has 1 aliphatic carbocycles. The fourth-order valence-electron chi connectivity index (χ4n) is 4.02. The fourth-order valence-corrected chi connectivity index (χ4v) is 4.02. The monoisotopic (exact) mass is 449 g/mol. The first-order valence-corrected chi connectivity index (χ1v) is 11.0. The second-order valence-corrected chi connectivity index (χ2v) is 9.22. The summed E-state index contributed by atoms with van der Waals surface area (Å²) < 4.78 is 11.6. The maximum Gasteiger partial charge on any atom is 0.407 e. The Hall–Kier alpha value is -2.84. The van der Waals surface area contributed by atoms with Crippen LogP contribution in [-0.2, 0) is 25.6 Å². The van der Waals surface area contributed by atoms with Gasteiger partial charge in [0.2, 0.25) is 5.91 Å². The standard InChI is InChI=1S/C23H35N3O6/c1-23(2,3)32-22(30)24-17-10-6-7-11-18(17)25(4)21(29)16(14-20(28)31-5)15-26-13-9-8-12-19(26)27/h8-9,12-13,16-18H,6-7,10-11,14-15H2,1-5H3,(H,24,30)/t16?,17-,18-/m0/s1. The zero-order valence-electron chi connectivity index (χ0n) is 19.6. The molecule has 2 rings (SSSR count). The van der Waals surface area contributed by atoms with Gasteiger partial charge in [0, 0.05) is 25.9 Å². The normalized spacial score (nSPS) is 19.5. The Bertz CT molecular complexity index is 860. The zero-order chi connectivity index (χ0) is 23.9. The number of aromatic nitrogens is 1. The van der Waals surface area contributed by atoms with Gasteiger partial charge in [0.05, 0.1) is 31.5 Å². The number of ether oxygens (including phenoxy) is 2. The van der Waals surface area contributed by atoms with Crippen LogP contribution in [0.5, 0.6) is 0 Å². The molecule has 3 atom stereocenters. The van der Waals surface area contributed by atoms with Crippen molar-refractivity contribution < 1.29 is 23.9 Å². The van der Waals surface area contributed by atoms with Gasteiger partial charge in [-0.3, -0.25) is 14.4 Å². The summed E-state index contributed by atoms with van der Waals surface area (Å²) in [6, 6.07) is 4.23. The van der Waals surface area contributed by atoms with E-state index in [1.165, 1.54) is 17.7 Å². The largest absolute Gasteiger partial charge is 0.469 e. The van der Waals surface area contributed by atoms with Crippen LogP contribution in [0.15, 0.2) is 29.2 Å². The molecule has 1 aromatic heterocycles. The number of nitrogens with zero attached hydrogens (tertiary/aromatic N) is 2. The van der Waals surface area contributed by atoms with Crippen LogP contribution in [0.25, 0.3) is 0 Å². The van der Waals surface area contributed by atoms with E-state index in [9.17, 15) is 19.2 Å². The third-order valence-electron chi connectivity index (χ3n) is 5.58. The lowest BCUT2D eigenvalue weighted by Gasteiger charge is -2.39. The fraction of sp³-hybridized carbons (Fsp3) is 0.652. The summed E-state index contributed by atoms with van der Waals surface area (Å²) in [5.74, 6) is -1.56. The van der Waals surface area contributed by atoms with Crippen LogP contribution >= 0.6 is 0 Å². The molecule has 9 nitrogen and oxygen atoms in total. The van der Waals surface area contributed by atoms with E-state index in [1.807, 2.05) is 0 Å². The molecule has 32 heavy (non-hydrogen) atoms. The van der Waals surface area contributed by atoms with Gasteiger partial charge < -0.3 is 24.3 Å². The molecule has 0 bridgehead atoms. The number of nitrogens with one attached hydrogen (secondary N) is 1. The van der Waals surface area contributed by atoms with E-state index in [2.05, 4.69) is 5.32 Å². The Kier molecular flexibility index (Phi) is 8.86. The minimum absolute atomic E-state index is 0.0643. The summed E-state index contributed by atoms with van der Waals surface area (Å²) in [4.78, 5) is 51.5. The van der Waals surface area contributed by atoms with E-state index < -0.39 is 23.6 Å². The second kappa shape index (κ2) is 11.2. The van der Waals surface area contributed by atoms with Crippen LogP contribution in [0.1, 0.15) is 52.9 Å². The first-order valence-electron chi connectivity index (χ1n) is 11.0. The van der Waals surface area contributed by atoms with Crippen molar-refractivity contribution in [3.63, 3.8) is 0 Å². The molecule has 1 aliphatic rings. The molecule has 1 heterocycles. The summed E-state index contributed by atoms with van der Waals surface area (Å²) in [5.41, 5.74) is -0.871. The van der Waals surface area contributed by atoms with Gasteiger partial charge in [-0.15, -0.1) is 0 Å². The maximum absolute atomic E-state index is 13.4. The minimum Gasteiger partial charge on any atom is -0.469 e. The lowest BCUT2D eigenvalue weighted by molar-refractivity contribution is -0.148. The van der Waals surface area contributed by atoms with Crippen molar-refractivity contribution in [3.05, 3.63) is 34.7 Å². The Balaban J connectivity index is 2.18. The van der Waals surface area contributed by atoms with Crippen LogP contribution in [0.2, 0.25) is 0 Å². The van der Waals surface area contributed by atoms with E-state index in [0.717, 1.165) is 25.7 Å². The predicted molar refractivity (Wildman–Crippen MR) is 119 cm³/mol. The highest BCUT2D eigenvalue weighted by atomic mass is 16.6. The molecule has 1 N–H and O–H groups in total. The maximum atomic E-state index is 13.4. The first-order chi connectivity index (χ1) is 15.0. The molecule has 1 unspecified atom stereocenters. The van der Waals surface area contributed by atoms with Crippen LogP contribution in [0, 0.1) is 5.92 Å². The summed E-state index contributed by atoms with van der Waals surface area (Å²) >= 11 is 0. The molecule has 1 fully saturated rings. The number of carbonyl (C=O) groups excluding carboxylic acids is 3. The Morgan fingerprint density at radius 2 is 1.91 bits per heavy atom. The number of methoxy groups -OCH3 is 1. The summed E-state index contributed by atoms with van der Waals surface area (Å²) in [6.07, 6.45) is 4.24. The average Bonchev–Trinajstić information content (AvgIpc) is 2.72. The molecule has 2 amide bonds. The van der Waals surface area contributed by atoms with Crippen molar-refractivity contribution in [2.75, 3.05) is 14.2 Å². The highest BCUT2D eigenvalue weighted by Gasteiger charge is 2.36. The second-order valence-electron chi connectivity index (χ2n) is 9.22. The van der Waals surface area contributed by atoms with Gasteiger partial charge in [-0.1, -0.05) is 18.9 Å². The molecule has 9 heteroatoms. The number of carbonyl (C=O) groups is 3. The highest BCUT2D eigenvalue weighted by Crippen LogP contribution is 2.25. The number of hydrogen-bond acceptors (Lipinski definition) is 6. The molecule has 1 saturated carbocycles. The Morgan fingerprint density at radius 3 is 2.53 bits per heavy atom. The van der Waals surface area contributed by atoms with Gasteiger partial charge in [-0.05, 0) is 39.7 Å². The molecule has 178 valence electrons. The predicted octanol–water partition coefficient (Wildman–Crippen LogP) is 2.32. The lowest BCUT2D eigenvalue weighted by Crippen LogP contribution is -2.55. The van der Waals surface area contributed by atoms with Gasteiger partial charge in [0.15, 0.2) is 0 Å². The van der Waals surface area contributed by atoms with Crippen LogP contribution < -0.4 is 10.9 Å². The summed E-state index contributed by atoms with van der Waals surface area (Å²) in [6.45, 7) is 5.45. The molecule has 0 saturated heterocycles. The van der Waals surface area contributed by atoms with E-state index in [1.54, 1.807) is 51.0 Å². The van der Waals surface area contributed by atoms with Crippen LogP contribution in [0.3, 0.4) is 0 Å². The van der Waals surface area contributed by atoms with Crippen molar-refractivity contribution in [2.45, 2.75) is 77.1 Å². The molecular formula is C23H35N3O6. The number of alkyl carbamates (subject to hydrolysis) is 1. The molecule has 0 spiro atoms. The van der Waals surface area contributed by atoms with Crippen LogP contribution in [-0.4, -0.2) is 59.3 Å². The number of esters is 1. The van der Waals surface area contributed by atoms with Crippen molar-refractivity contribution in [2.24, 2.45) is 5.92 Å². The summed E-state index contributed by atoms with van der Waals surface area (Å²) in [7, 11) is 2.95. The molecule has 0 radical (unpaired) electrons. The van der Waals surface area contributed by atoms with Crippen molar-refractivity contribution >= 4 is 18.0 Å². The third kappa shape index (κ3) is 7.39. The molecule has 0 aromatic carbocycles. The van der Waals surface area contributed by atoms with Crippen molar-refractivity contribution in [1.82, 2.24) is 14.8 Å². The minimum atomic E-state index is -0.767. The molecule has 0 aliphatic heterocycles.